The lowest BCUT2D eigenvalue weighted by Gasteiger charge is -2.14. The first-order valence-corrected chi connectivity index (χ1v) is 14.8. The molecular formula is C34H27ClFN3O3S. The minimum Gasteiger partial charge on any atom is -0.497 e. The van der Waals surface area contributed by atoms with Gasteiger partial charge >= 0.3 is 5.69 Å². The molecule has 2 heterocycles. The van der Waals surface area contributed by atoms with E-state index < -0.39 is 17.1 Å². The van der Waals surface area contributed by atoms with E-state index in [0.29, 0.717) is 34.7 Å². The summed E-state index contributed by atoms with van der Waals surface area (Å²) < 4.78 is 23.0. The standard InChI is InChI=1S/C34H27ClFN3O3S/c1-42-25-17-15-23(16-18-25)31-26(20-37-19-22-9-4-2-5-10-22)30-32(40)39(24-11-6-3-7-12-24)34(41)38(33(30)43-31)21-27-28(35)13-8-14-29(27)36/h2-18,37H,19-21H2,1H3. The van der Waals surface area contributed by atoms with Gasteiger partial charge in [0.1, 0.15) is 16.4 Å². The summed E-state index contributed by atoms with van der Waals surface area (Å²) in [6.07, 6.45) is 0. The zero-order valence-corrected chi connectivity index (χ0v) is 24.8. The van der Waals surface area contributed by atoms with Gasteiger partial charge in [-0.1, -0.05) is 66.2 Å². The van der Waals surface area contributed by atoms with Crippen molar-refractivity contribution in [1.29, 1.82) is 0 Å². The number of hydrogen-bond donors (Lipinski definition) is 1. The number of ether oxygens (including phenoxy) is 1. The summed E-state index contributed by atoms with van der Waals surface area (Å²) in [7, 11) is 1.60. The van der Waals surface area contributed by atoms with Gasteiger partial charge in [0.2, 0.25) is 0 Å². The third kappa shape index (κ3) is 5.64. The van der Waals surface area contributed by atoms with Crippen LogP contribution in [0.2, 0.25) is 5.02 Å². The number of rotatable bonds is 9. The second-order valence-corrected chi connectivity index (χ2v) is 11.4. The number of nitrogens with one attached hydrogen (secondary N) is 1. The first-order chi connectivity index (χ1) is 21.0. The highest BCUT2D eigenvalue weighted by Gasteiger charge is 2.24. The van der Waals surface area contributed by atoms with E-state index in [1.165, 1.54) is 28.0 Å². The Morgan fingerprint density at radius 3 is 2.21 bits per heavy atom. The van der Waals surface area contributed by atoms with Gasteiger partial charge in [-0.05, 0) is 65.2 Å². The Hall–Kier alpha value is -4.50. The Bertz CT molecular complexity index is 2000. The molecule has 9 heteroatoms. The molecule has 0 fully saturated rings. The molecule has 2 aromatic heterocycles. The number of nitrogens with zero attached hydrogens (tertiary/aromatic N) is 2. The van der Waals surface area contributed by atoms with Gasteiger partial charge < -0.3 is 10.1 Å². The van der Waals surface area contributed by atoms with Crippen molar-refractivity contribution >= 4 is 33.2 Å². The molecule has 0 saturated carbocycles. The maximum Gasteiger partial charge on any atom is 0.337 e. The smallest absolute Gasteiger partial charge is 0.337 e. The minimum absolute atomic E-state index is 0.145. The number of benzene rings is 4. The molecule has 0 aliphatic rings. The van der Waals surface area contributed by atoms with Gasteiger partial charge in [-0.25, -0.2) is 13.8 Å². The van der Waals surface area contributed by atoms with Gasteiger partial charge in [-0.15, -0.1) is 11.3 Å². The van der Waals surface area contributed by atoms with Crippen LogP contribution in [0.3, 0.4) is 0 Å². The summed E-state index contributed by atoms with van der Waals surface area (Å²) in [6, 6.07) is 30.7. The second-order valence-electron chi connectivity index (χ2n) is 9.95. The van der Waals surface area contributed by atoms with Crippen molar-refractivity contribution in [1.82, 2.24) is 14.5 Å². The quantitative estimate of drug-likeness (QED) is 0.191. The molecule has 0 unspecified atom stereocenters. The molecule has 0 aliphatic carbocycles. The van der Waals surface area contributed by atoms with E-state index >= 15 is 4.39 Å². The highest BCUT2D eigenvalue weighted by molar-refractivity contribution is 7.22. The SMILES string of the molecule is COc1ccc(-c2sc3c(c2CNCc2ccccc2)c(=O)n(-c2ccccc2)c(=O)n3Cc2c(F)cccc2Cl)cc1. The van der Waals surface area contributed by atoms with E-state index in [1.54, 1.807) is 37.4 Å². The second kappa shape index (κ2) is 12.4. The Kier molecular flexibility index (Phi) is 8.24. The Balaban J connectivity index is 1.61. The molecule has 6 aromatic rings. The van der Waals surface area contributed by atoms with Crippen LogP contribution in [0.15, 0.2) is 113 Å². The number of halogens is 2. The summed E-state index contributed by atoms with van der Waals surface area (Å²) in [5.41, 5.74) is 2.31. The summed E-state index contributed by atoms with van der Waals surface area (Å²) in [5.74, 6) is 0.174. The molecule has 216 valence electrons. The fourth-order valence-electron chi connectivity index (χ4n) is 5.13. The number of aromatic nitrogens is 2. The van der Waals surface area contributed by atoms with E-state index in [9.17, 15) is 9.59 Å². The van der Waals surface area contributed by atoms with E-state index in [4.69, 9.17) is 16.3 Å². The van der Waals surface area contributed by atoms with Crippen LogP contribution >= 0.6 is 22.9 Å². The van der Waals surface area contributed by atoms with Crippen molar-refractivity contribution in [3.8, 4) is 21.9 Å². The number of fused-ring (bicyclic) bond motifs is 1. The molecule has 0 bridgehead atoms. The van der Waals surface area contributed by atoms with Gasteiger partial charge in [-0.3, -0.25) is 9.36 Å². The van der Waals surface area contributed by atoms with Crippen LogP contribution in [0.5, 0.6) is 5.75 Å². The zero-order chi connectivity index (χ0) is 29.9. The Morgan fingerprint density at radius 1 is 0.837 bits per heavy atom. The number of thiophene rings is 1. The van der Waals surface area contributed by atoms with E-state index in [-0.39, 0.29) is 17.1 Å². The van der Waals surface area contributed by atoms with Crippen LogP contribution in [0.4, 0.5) is 4.39 Å². The molecular weight excluding hydrogens is 585 g/mol. The molecule has 4 aromatic carbocycles. The third-order valence-corrected chi connectivity index (χ3v) is 8.95. The van der Waals surface area contributed by atoms with Gasteiger partial charge in [-0.2, -0.15) is 0 Å². The molecule has 0 radical (unpaired) electrons. The van der Waals surface area contributed by atoms with Crippen LogP contribution in [0.1, 0.15) is 16.7 Å². The fourth-order valence-corrected chi connectivity index (χ4v) is 6.66. The van der Waals surface area contributed by atoms with Crippen molar-refractivity contribution in [2.45, 2.75) is 19.6 Å². The van der Waals surface area contributed by atoms with Crippen LogP contribution in [-0.2, 0) is 19.6 Å². The highest BCUT2D eigenvalue weighted by atomic mass is 35.5. The molecule has 0 aliphatic heterocycles. The topological polar surface area (TPSA) is 65.3 Å². The molecule has 6 rings (SSSR count). The average Bonchev–Trinajstić information content (AvgIpc) is 3.41. The van der Waals surface area contributed by atoms with Crippen molar-refractivity contribution in [3.05, 3.63) is 151 Å². The average molecular weight is 612 g/mol. The molecule has 0 spiro atoms. The number of methoxy groups -OCH3 is 1. The van der Waals surface area contributed by atoms with Gasteiger partial charge in [0.05, 0.1) is 24.7 Å². The molecule has 0 atom stereocenters. The monoisotopic (exact) mass is 611 g/mol. The molecule has 1 N–H and O–H groups in total. The lowest BCUT2D eigenvalue weighted by atomic mass is 10.1. The van der Waals surface area contributed by atoms with E-state index in [0.717, 1.165) is 26.1 Å². The maximum atomic E-state index is 15.0. The van der Waals surface area contributed by atoms with Crippen molar-refractivity contribution in [3.63, 3.8) is 0 Å². The summed E-state index contributed by atoms with van der Waals surface area (Å²) in [6.45, 7) is 0.796. The van der Waals surface area contributed by atoms with E-state index in [2.05, 4.69) is 5.32 Å². The fraction of sp³-hybridized carbons (Fsp3) is 0.118. The zero-order valence-electron chi connectivity index (χ0n) is 23.2. The predicted molar refractivity (Wildman–Crippen MR) is 171 cm³/mol. The highest BCUT2D eigenvalue weighted by Crippen LogP contribution is 2.38. The maximum absolute atomic E-state index is 15.0. The normalized spacial score (nSPS) is 11.2. The minimum atomic E-state index is -0.575. The van der Waals surface area contributed by atoms with E-state index in [1.807, 2.05) is 60.7 Å². The summed E-state index contributed by atoms with van der Waals surface area (Å²) in [4.78, 5) is 29.7. The van der Waals surface area contributed by atoms with Gasteiger partial charge in [0.15, 0.2) is 0 Å². The third-order valence-electron chi connectivity index (χ3n) is 7.29. The van der Waals surface area contributed by atoms with Crippen LogP contribution in [-0.4, -0.2) is 16.2 Å². The molecule has 0 saturated heterocycles. The predicted octanol–water partition coefficient (Wildman–Crippen LogP) is 7.02. The summed E-state index contributed by atoms with van der Waals surface area (Å²) >= 11 is 7.75. The number of para-hydroxylation sites is 1. The first kappa shape index (κ1) is 28.6. The Morgan fingerprint density at radius 2 is 1.53 bits per heavy atom. The lowest BCUT2D eigenvalue weighted by Crippen LogP contribution is -2.39. The van der Waals surface area contributed by atoms with Crippen LogP contribution < -0.4 is 21.3 Å². The number of hydrogen-bond acceptors (Lipinski definition) is 5. The van der Waals surface area contributed by atoms with Gasteiger partial charge in [0.25, 0.3) is 5.56 Å². The van der Waals surface area contributed by atoms with Crippen LogP contribution in [0.25, 0.3) is 26.3 Å². The lowest BCUT2D eigenvalue weighted by molar-refractivity contribution is 0.415. The van der Waals surface area contributed by atoms with Crippen molar-refractivity contribution < 1.29 is 9.13 Å². The largest absolute Gasteiger partial charge is 0.497 e. The molecule has 6 nitrogen and oxygen atoms in total. The van der Waals surface area contributed by atoms with Crippen molar-refractivity contribution in [2.75, 3.05) is 7.11 Å². The first-order valence-electron chi connectivity index (χ1n) is 13.6. The van der Waals surface area contributed by atoms with Gasteiger partial charge in [0, 0.05) is 28.6 Å². The van der Waals surface area contributed by atoms with Crippen molar-refractivity contribution in [2.24, 2.45) is 0 Å². The molecule has 43 heavy (non-hydrogen) atoms. The van der Waals surface area contributed by atoms with Crippen LogP contribution in [0, 0.1) is 5.82 Å². The molecule has 0 amide bonds. The summed E-state index contributed by atoms with van der Waals surface area (Å²) in [5, 5.41) is 4.08. The Labute approximate surface area is 256 Å².